The number of aliphatic hydroxyl groups excluding tert-OH is 3. The van der Waals surface area contributed by atoms with Crippen molar-refractivity contribution in [1.82, 2.24) is 9.55 Å². The standard InChI is InChI=1S/C17H22N2O7/c1-25-17(5-3-2-4-6-17)9-19-7-10(15(23)18-16(19)24)14-13(22)12(21)11(8-20)26-14/h2-5,7,11-14,20-22H,6,8-9H2,1H3,(H,18,23,24)/t11-,12-,13-,14+,17?/m1/s1. The van der Waals surface area contributed by atoms with Crippen molar-refractivity contribution >= 4 is 0 Å². The Hall–Kier alpha value is -2.04. The largest absolute Gasteiger partial charge is 0.394 e. The third-order valence-electron chi connectivity index (χ3n) is 4.84. The Balaban J connectivity index is 1.96. The number of hydrogen-bond donors (Lipinski definition) is 4. The number of methoxy groups -OCH3 is 1. The first-order valence-corrected chi connectivity index (χ1v) is 8.26. The number of nitrogens with one attached hydrogen (secondary N) is 1. The summed E-state index contributed by atoms with van der Waals surface area (Å²) in [5, 5.41) is 29.2. The van der Waals surface area contributed by atoms with Gasteiger partial charge in [-0.15, -0.1) is 0 Å². The highest BCUT2D eigenvalue weighted by Gasteiger charge is 2.44. The van der Waals surface area contributed by atoms with Crippen LogP contribution < -0.4 is 11.2 Å². The van der Waals surface area contributed by atoms with E-state index >= 15 is 0 Å². The molecule has 1 unspecified atom stereocenters. The molecule has 2 aliphatic rings. The van der Waals surface area contributed by atoms with Gasteiger partial charge in [-0.1, -0.05) is 24.3 Å². The van der Waals surface area contributed by atoms with Crippen LogP contribution in [0.4, 0.5) is 0 Å². The lowest BCUT2D eigenvalue weighted by atomic mass is 9.95. The van der Waals surface area contributed by atoms with Crippen LogP contribution in [0.1, 0.15) is 18.1 Å². The number of allylic oxidation sites excluding steroid dienone is 2. The Morgan fingerprint density at radius 2 is 2.12 bits per heavy atom. The normalized spacial score (nSPS) is 33.7. The van der Waals surface area contributed by atoms with Crippen molar-refractivity contribution in [1.29, 1.82) is 0 Å². The fourth-order valence-electron chi connectivity index (χ4n) is 3.27. The summed E-state index contributed by atoms with van der Waals surface area (Å²) in [6.07, 6.45) is 4.39. The van der Waals surface area contributed by atoms with E-state index in [0.29, 0.717) is 6.42 Å². The Labute approximate surface area is 148 Å². The summed E-state index contributed by atoms with van der Waals surface area (Å²) >= 11 is 0. The molecular formula is C17H22N2O7. The van der Waals surface area contributed by atoms with Crippen molar-refractivity contribution in [3.63, 3.8) is 0 Å². The van der Waals surface area contributed by atoms with Crippen molar-refractivity contribution in [2.75, 3.05) is 13.7 Å². The number of H-pyrrole nitrogens is 1. The third-order valence-corrected chi connectivity index (χ3v) is 4.84. The molecule has 0 radical (unpaired) electrons. The lowest BCUT2D eigenvalue weighted by molar-refractivity contribution is -0.0235. The van der Waals surface area contributed by atoms with Crippen LogP contribution in [0.3, 0.4) is 0 Å². The van der Waals surface area contributed by atoms with Gasteiger partial charge in [-0.3, -0.25) is 14.3 Å². The minimum Gasteiger partial charge on any atom is -0.394 e. The molecule has 9 nitrogen and oxygen atoms in total. The molecule has 26 heavy (non-hydrogen) atoms. The molecule has 1 aliphatic heterocycles. The van der Waals surface area contributed by atoms with Crippen LogP contribution in [0.2, 0.25) is 0 Å². The molecule has 9 heteroatoms. The van der Waals surface area contributed by atoms with Gasteiger partial charge in [0.15, 0.2) is 0 Å². The number of aliphatic hydroxyl groups is 3. The summed E-state index contributed by atoms with van der Waals surface area (Å²) in [6.45, 7) is -0.363. The first-order valence-electron chi connectivity index (χ1n) is 8.26. The predicted molar refractivity (Wildman–Crippen MR) is 90.7 cm³/mol. The third kappa shape index (κ3) is 3.31. The zero-order chi connectivity index (χ0) is 18.9. The molecular weight excluding hydrogens is 344 g/mol. The second kappa shape index (κ2) is 7.29. The van der Waals surface area contributed by atoms with Crippen LogP contribution in [0, 0.1) is 0 Å². The monoisotopic (exact) mass is 366 g/mol. The highest BCUT2D eigenvalue weighted by atomic mass is 16.6. The minimum absolute atomic E-state index is 0.00585. The smallest absolute Gasteiger partial charge is 0.328 e. The molecule has 4 N–H and O–H groups in total. The summed E-state index contributed by atoms with van der Waals surface area (Å²) in [7, 11) is 1.53. The maximum absolute atomic E-state index is 12.2. The Morgan fingerprint density at radius 3 is 2.69 bits per heavy atom. The quantitative estimate of drug-likeness (QED) is 0.503. The van der Waals surface area contributed by atoms with E-state index in [1.807, 2.05) is 24.3 Å². The van der Waals surface area contributed by atoms with Gasteiger partial charge in [-0.05, 0) is 0 Å². The van der Waals surface area contributed by atoms with Gasteiger partial charge in [-0.25, -0.2) is 4.79 Å². The second-order valence-corrected chi connectivity index (χ2v) is 6.49. The second-order valence-electron chi connectivity index (χ2n) is 6.49. The summed E-state index contributed by atoms with van der Waals surface area (Å²) < 4.78 is 12.2. The van der Waals surface area contributed by atoms with E-state index < -0.39 is 47.9 Å². The molecule has 0 saturated carbocycles. The lowest BCUT2D eigenvalue weighted by Crippen LogP contribution is -2.42. The highest BCUT2D eigenvalue weighted by Crippen LogP contribution is 2.32. The van der Waals surface area contributed by atoms with Crippen molar-refractivity contribution < 1.29 is 24.8 Å². The highest BCUT2D eigenvalue weighted by molar-refractivity contribution is 5.20. The van der Waals surface area contributed by atoms with Crippen molar-refractivity contribution in [3.05, 3.63) is 56.9 Å². The summed E-state index contributed by atoms with van der Waals surface area (Å²) in [6, 6.07) is 0. The molecule has 1 fully saturated rings. The van der Waals surface area contributed by atoms with Gasteiger partial charge in [0, 0.05) is 19.7 Å². The Bertz CT molecular complexity index is 827. The molecule has 3 rings (SSSR count). The molecule has 1 aromatic rings. The number of nitrogens with zero attached hydrogens (tertiary/aromatic N) is 1. The average Bonchev–Trinajstić information content (AvgIpc) is 2.93. The van der Waals surface area contributed by atoms with Gasteiger partial charge in [0.25, 0.3) is 5.56 Å². The van der Waals surface area contributed by atoms with Crippen LogP contribution in [-0.2, 0) is 16.0 Å². The van der Waals surface area contributed by atoms with Crippen LogP contribution in [-0.4, -0.2) is 62.5 Å². The van der Waals surface area contributed by atoms with Gasteiger partial charge in [-0.2, -0.15) is 0 Å². The zero-order valence-electron chi connectivity index (χ0n) is 14.2. The fraction of sp³-hybridized carbons (Fsp3) is 0.529. The van der Waals surface area contributed by atoms with E-state index in [9.17, 15) is 24.9 Å². The fourth-order valence-corrected chi connectivity index (χ4v) is 3.27. The maximum atomic E-state index is 12.2. The molecule has 142 valence electrons. The molecule has 5 atom stereocenters. The van der Waals surface area contributed by atoms with Crippen molar-refractivity contribution in [2.45, 2.75) is 43.0 Å². The number of hydrogen-bond acceptors (Lipinski definition) is 7. The lowest BCUT2D eigenvalue weighted by Gasteiger charge is -2.30. The molecule has 1 saturated heterocycles. The van der Waals surface area contributed by atoms with Crippen LogP contribution in [0.15, 0.2) is 40.1 Å². The first-order chi connectivity index (χ1) is 12.4. The van der Waals surface area contributed by atoms with Gasteiger partial charge >= 0.3 is 5.69 Å². The average molecular weight is 366 g/mol. The molecule has 0 bridgehead atoms. The van der Waals surface area contributed by atoms with Gasteiger partial charge in [0.2, 0.25) is 0 Å². The summed E-state index contributed by atoms with van der Waals surface area (Å²) in [5.74, 6) is 0. The van der Waals surface area contributed by atoms with Gasteiger partial charge in [0.1, 0.15) is 30.0 Å². The maximum Gasteiger partial charge on any atom is 0.328 e. The van der Waals surface area contributed by atoms with E-state index in [1.165, 1.54) is 17.9 Å². The minimum atomic E-state index is -1.40. The Morgan fingerprint density at radius 1 is 1.35 bits per heavy atom. The van der Waals surface area contributed by atoms with Gasteiger partial charge in [0.05, 0.1) is 18.7 Å². The van der Waals surface area contributed by atoms with Crippen molar-refractivity contribution in [3.8, 4) is 0 Å². The summed E-state index contributed by atoms with van der Waals surface area (Å²) in [4.78, 5) is 26.6. The molecule has 0 amide bonds. The number of ether oxygens (including phenoxy) is 2. The number of aromatic nitrogens is 2. The van der Waals surface area contributed by atoms with E-state index in [-0.39, 0.29) is 12.1 Å². The van der Waals surface area contributed by atoms with E-state index in [2.05, 4.69) is 4.98 Å². The zero-order valence-corrected chi connectivity index (χ0v) is 14.2. The predicted octanol–water partition coefficient (Wildman–Crippen LogP) is -1.41. The molecule has 0 spiro atoms. The molecule has 1 aliphatic carbocycles. The number of aromatic amines is 1. The molecule has 2 heterocycles. The first kappa shape index (κ1) is 18.7. The topological polar surface area (TPSA) is 134 Å². The SMILES string of the molecule is COC1(Cn2cc([C@@H]3O[C@H](CO)[C@@H](O)[C@H]3O)c(=O)[nH]c2=O)C=CC=CC1. The molecule has 0 aromatic carbocycles. The van der Waals surface area contributed by atoms with Crippen molar-refractivity contribution in [2.24, 2.45) is 0 Å². The van der Waals surface area contributed by atoms with Crippen LogP contribution in [0.25, 0.3) is 0 Å². The van der Waals surface area contributed by atoms with E-state index in [0.717, 1.165) is 0 Å². The van der Waals surface area contributed by atoms with Crippen LogP contribution >= 0.6 is 0 Å². The van der Waals surface area contributed by atoms with Crippen LogP contribution in [0.5, 0.6) is 0 Å². The Kier molecular flexibility index (Phi) is 5.26. The molecule has 1 aromatic heterocycles. The van der Waals surface area contributed by atoms with Gasteiger partial charge < -0.3 is 24.8 Å². The van der Waals surface area contributed by atoms with E-state index in [1.54, 1.807) is 0 Å². The number of rotatable bonds is 5. The summed E-state index contributed by atoms with van der Waals surface area (Å²) in [5.41, 5.74) is -2.08. The van der Waals surface area contributed by atoms with E-state index in [4.69, 9.17) is 9.47 Å².